The van der Waals surface area contributed by atoms with Gasteiger partial charge in [-0.1, -0.05) is 23.2 Å². The lowest BCUT2D eigenvalue weighted by Gasteiger charge is -2.16. The Morgan fingerprint density at radius 3 is 2.46 bits per heavy atom. The second kappa shape index (κ2) is 13.2. The zero-order chi connectivity index (χ0) is 28.7. The van der Waals surface area contributed by atoms with Crippen molar-refractivity contribution in [3.05, 3.63) is 86.9 Å². The highest BCUT2D eigenvalue weighted by Crippen LogP contribution is 2.28. The van der Waals surface area contributed by atoms with Crippen molar-refractivity contribution < 1.29 is 32.6 Å². The molecular formula is C26H21Cl2N3O7S. The maximum Gasteiger partial charge on any atom is 0.428 e. The maximum atomic E-state index is 13.2. The van der Waals surface area contributed by atoms with Crippen LogP contribution in [-0.2, 0) is 16.1 Å². The van der Waals surface area contributed by atoms with Crippen LogP contribution in [0.15, 0.2) is 54.6 Å². The fourth-order valence-electron chi connectivity index (χ4n) is 3.37. The molecule has 202 valence electrons. The molecule has 39 heavy (non-hydrogen) atoms. The van der Waals surface area contributed by atoms with Gasteiger partial charge < -0.3 is 14.8 Å². The molecule has 0 aliphatic carbocycles. The summed E-state index contributed by atoms with van der Waals surface area (Å²) in [6.45, 7) is 2.69. The normalized spacial score (nSPS) is 11.2. The van der Waals surface area contributed by atoms with Gasteiger partial charge in [0.05, 0.1) is 17.2 Å². The number of nitriles is 1. The molecule has 10 nitrogen and oxygen atoms in total. The summed E-state index contributed by atoms with van der Waals surface area (Å²) in [5, 5.41) is 12.3. The lowest BCUT2D eigenvalue weighted by molar-refractivity contribution is -0.118. The van der Waals surface area contributed by atoms with Crippen molar-refractivity contribution in [2.45, 2.75) is 13.8 Å². The summed E-state index contributed by atoms with van der Waals surface area (Å²) >= 11 is 9.59. The fourth-order valence-corrected chi connectivity index (χ4v) is 4.16. The van der Waals surface area contributed by atoms with Gasteiger partial charge in [-0.05, 0) is 74.0 Å². The van der Waals surface area contributed by atoms with Crippen molar-refractivity contribution in [2.75, 3.05) is 18.5 Å². The summed E-state index contributed by atoms with van der Waals surface area (Å²) < 4.78 is 31.7. The summed E-state index contributed by atoms with van der Waals surface area (Å²) in [4.78, 5) is 37.8. The predicted molar refractivity (Wildman–Crippen MR) is 146 cm³/mol. The third kappa shape index (κ3) is 7.78. The number of ether oxygens (including phenoxy) is 2. The van der Waals surface area contributed by atoms with Gasteiger partial charge in [-0.15, -0.1) is 0 Å². The number of hydrogen-bond donors (Lipinski definition) is 2. The summed E-state index contributed by atoms with van der Waals surface area (Å²) in [7, 11) is 0. The fraction of sp³-hybridized carbons (Fsp3) is 0.154. The molecule has 1 atom stereocenters. The number of carbonyl (C=O) groups excluding carboxylic acids is 3. The highest BCUT2D eigenvalue weighted by Gasteiger charge is 2.20. The third-order valence-electron chi connectivity index (χ3n) is 5.19. The van der Waals surface area contributed by atoms with Crippen LogP contribution < -0.4 is 14.8 Å². The Morgan fingerprint density at radius 1 is 1.08 bits per heavy atom. The van der Waals surface area contributed by atoms with E-state index in [9.17, 15) is 23.9 Å². The number of halogens is 2. The topological polar surface area (TPSA) is 146 Å². The van der Waals surface area contributed by atoms with Crippen LogP contribution in [0.4, 0.5) is 10.5 Å². The van der Waals surface area contributed by atoms with Crippen molar-refractivity contribution >= 4 is 57.9 Å². The molecule has 3 aromatic rings. The monoisotopic (exact) mass is 589 g/mol. The third-order valence-corrected chi connectivity index (χ3v) is 6.43. The molecule has 0 radical (unpaired) electrons. The molecule has 2 N–H and O–H groups in total. The van der Waals surface area contributed by atoms with Gasteiger partial charge in [-0.25, -0.2) is 13.3 Å². The van der Waals surface area contributed by atoms with Crippen LogP contribution in [0.3, 0.4) is 0 Å². The molecular weight excluding hydrogens is 569 g/mol. The molecule has 3 rings (SSSR count). The number of rotatable bonds is 9. The average molecular weight is 590 g/mol. The number of nitrogens with one attached hydrogen (secondary N) is 1. The van der Waals surface area contributed by atoms with Gasteiger partial charge >= 0.3 is 6.09 Å². The predicted octanol–water partition coefficient (Wildman–Crippen LogP) is 5.38. The SMILES string of the molecule is CCN(C(=O)Oc1ccc(NC(=O)COc2ccc(Cl)cc2C(=O)c2cc(Cl)cc(C#N)c2)c(C)c1)S(=O)O. The molecule has 0 saturated heterocycles. The van der Waals surface area contributed by atoms with E-state index in [1.165, 1.54) is 61.5 Å². The van der Waals surface area contributed by atoms with E-state index in [0.29, 0.717) is 15.6 Å². The van der Waals surface area contributed by atoms with Crippen molar-refractivity contribution in [3.63, 3.8) is 0 Å². The Kier molecular flexibility index (Phi) is 10.0. The van der Waals surface area contributed by atoms with E-state index >= 15 is 0 Å². The Bertz CT molecular complexity index is 1510. The number of hydrogen-bond acceptors (Lipinski definition) is 7. The number of carbonyl (C=O) groups is 3. The van der Waals surface area contributed by atoms with Crippen molar-refractivity contribution in [1.82, 2.24) is 4.31 Å². The van der Waals surface area contributed by atoms with Gasteiger partial charge in [0, 0.05) is 27.8 Å². The van der Waals surface area contributed by atoms with Gasteiger partial charge in [0.25, 0.3) is 17.2 Å². The van der Waals surface area contributed by atoms with Crippen molar-refractivity contribution in [2.24, 2.45) is 0 Å². The van der Waals surface area contributed by atoms with E-state index in [-0.39, 0.29) is 44.8 Å². The highest BCUT2D eigenvalue weighted by atomic mass is 35.5. The average Bonchev–Trinajstić information content (AvgIpc) is 2.88. The van der Waals surface area contributed by atoms with Crippen LogP contribution >= 0.6 is 23.2 Å². The van der Waals surface area contributed by atoms with Crippen molar-refractivity contribution in [3.8, 4) is 17.6 Å². The lowest BCUT2D eigenvalue weighted by Crippen LogP contribution is -2.34. The number of nitrogens with zero attached hydrogens (tertiary/aromatic N) is 2. The number of benzene rings is 3. The van der Waals surface area contributed by atoms with Crippen LogP contribution in [0, 0.1) is 18.3 Å². The van der Waals surface area contributed by atoms with E-state index in [1.807, 2.05) is 6.07 Å². The Morgan fingerprint density at radius 2 is 1.82 bits per heavy atom. The first-order chi connectivity index (χ1) is 18.5. The number of ketones is 1. The molecule has 2 amide bonds. The van der Waals surface area contributed by atoms with Crippen LogP contribution in [0.1, 0.15) is 34.0 Å². The van der Waals surface area contributed by atoms with E-state index in [1.54, 1.807) is 6.92 Å². The minimum Gasteiger partial charge on any atom is -0.483 e. The molecule has 0 aliphatic rings. The van der Waals surface area contributed by atoms with Crippen LogP contribution in [0.2, 0.25) is 10.0 Å². The molecule has 0 fully saturated rings. The second-order valence-electron chi connectivity index (χ2n) is 7.92. The number of aryl methyl sites for hydroxylation is 1. The largest absolute Gasteiger partial charge is 0.483 e. The molecule has 0 saturated carbocycles. The van der Waals surface area contributed by atoms with Gasteiger partial charge in [0.1, 0.15) is 11.5 Å². The second-order valence-corrected chi connectivity index (χ2v) is 9.69. The number of amides is 2. The molecule has 0 aromatic heterocycles. The molecule has 0 heterocycles. The molecule has 0 bridgehead atoms. The van der Waals surface area contributed by atoms with Crippen molar-refractivity contribution in [1.29, 1.82) is 5.26 Å². The zero-order valence-corrected chi connectivity index (χ0v) is 22.9. The van der Waals surface area contributed by atoms with Gasteiger partial charge in [-0.3, -0.25) is 14.1 Å². The van der Waals surface area contributed by atoms with Gasteiger partial charge in [-0.2, -0.15) is 5.26 Å². The first kappa shape index (κ1) is 29.6. The van der Waals surface area contributed by atoms with Crippen LogP contribution in [0.25, 0.3) is 0 Å². The Hall–Kier alpha value is -3.95. The Balaban J connectivity index is 1.70. The Labute approximate surface area is 236 Å². The molecule has 1 unspecified atom stereocenters. The first-order valence-electron chi connectivity index (χ1n) is 11.2. The van der Waals surface area contributed by atoms with E-state index < -0.39 is 35.7 Å². The quantitative estimate of drug-likeness (QED) is 0.250. The van der Waals surface area contributed by atoms with E-state index in [0.717, 1.165) is 0 Å². The summed E-state index contributed by atoms with van der Waals surface area (Å²) in [6, 6.07) is 14.9. The molecule has 3 aromatic carbocycles. The van der Waals surface area contributed by atoms with Crippen LogP contribution in [-0.4, -0.2) is 44.0 Å². The molecule has 0 aliphatic heterocycles. The minimum absolute atomic E-state index is 0.0317. The summed E-state index contributed by atoms with van der Waals surface area (Å²) in [6.07, 6.45) is -1.00. The lowest BCUT2D eigenvalue weighted by atomic mass is 10.0. The molecule has 13 heteroatoms. The summed E-state index contributed by atoms with van der Waals surface area (Å²) in [5.74, 6) is -0.836. The molecule has 0 spiro atoms. The summed E-state index contributed by atoms with van der Waals surface area (Å²) in [5.41, 5.74) is 1.38. The van der Waals surface area contributed by atoms with E-state index in [4.69, 9.17) is 37.2 Å². The van der Waals surface area contributed by atoms with E-state index in [2.05, 4.69) is 5.32 Å². The van der Waals surface area contributed by atoms with Crippen LogP contribution in [0.5, 0.6) is 11.5 Å². The first-order valence-corrected chi connectivity index (χ1v) is 13.0. The minimum atomic E-state index is -2.52. The smallest absolute Gasteiger partial charge is 0.428 e. The van der Waals surface area contributed by atoms with Gasteiger partial charge in [0.2, 0.25) is 0 Å². The number of anilines is 1. The maximum absolute atomic E-state index is 13.2. The van der Waals surface area contributed by atoms with Gasteiger partial charge in [0.15, 0.2) is 12.4 Å². The standard InChI is InChI=1S/C26H21Cl2N3O7S/c1-3-31(39(35)36)26(34)38-20-5-6-22(15(2)8-20)30-24(32)14-37-23-7-4-18(27)12-21(23)25(33)17-9-16(13-29)10-19(28)11-17/h4-12H,3,14H2,1-2H3,(H,30,32)(H,35,36). The zero-order valence-electron chi connectivity index (χ0n) is 20.6. The highest BCUT2D eigenvalue weighted by molar-refractivity contribution is 7.77.